The van der Waals surface area contributed by atoms with Gasteiger partial charge in [-0.3, -0.25) is 4.79 Å². The van der Waals surface area contributed by atoms with Crippen LogP contribution in [0.4, 0.5) is 10.1 Å². The minimum atomic E-state index is -0.469. The third kappa shape index (κ3) is 3.10. The number of nitrogens with zero attached hydrogens (tertiary/aromatic N) is 1. The number of halogens is 2. The Hall–Kier alpha value is -1.75. The lowest BCUT2D eigenvalue weighted by Gasteiger charge is -2.04. The molecule has 0 bridgehead atoms. The van der Waals surface area contributed by atoms with Crippen LogP contribution in [0, 0.1) is 5.82 Å². The van der Waals surface area contributed by atoms with Gasteiger partial charge in [0.05, 0.1) is 6.20 Å². The van der Waals surface area contributed by atoms with Crippen molar-refractivity contribution in [2.24, 2.45) is 0 Å². The number of hydrogen-bond acceptors (Lipinski definition) is 2. The van der Waals surface area contributed by atoms with Gasteiger partial charge in [0.2, 0.25) is 0 Å². The summed E-state index contributed by atoms with van der Waals surface area (Å²) in [6.07, 6.45) is 1.01. The van der Waals surface area contributed by atoms with Crippen LogP contribution in [0.15, 0.2) is 47.1 Å². The van der Waals surface area contributed by atoms with E-state index in [1.807, 2.05) is 6.07 Å². The van der Waals surface area contributed by atoms with E-state index >= 15 is 0 Å². The van der Waals surface area contributed by atoms with Crippen molar-refractivity contribution in [2.45, 2.75) is 0 Å². The fraction of sp³-hybridized carbons (Fsp3) is 0. The number of aromatic nitrogens is 1. The van der Waals surface area contributed by atoms with Crippen LogP contribution >= 0.6 is 15.9 Å². The highest BCUT2D eigenvalue weighted by Crippen LogP contribution is 2.16. The number of carbonyl (C=O) groups is 1. The summed E-state index contributed by atoms with van der Waals surface area (Å²) in [6.45, 7) is 0. The number of benzene rings is 1. The Morgan fingerprint density at radius 2 is 2.12 bits per heavy atom. The van der Waals surface area contributed by atoms with Gasteiger partial charge in [0.15, 0.2) is 0 Å². The highest BCUT2D eigenvalue weighted by atomic mass is 79.9. The molecule has 0 fully saturated rings. The van der Waals surface area contributed by atoms with Gasteiger partial charge < -0.3 is 5.32 Å². The Morgan fingerprint density at radius 1 is 1.29 bits per heavy atom. The maximum absolute atomic E-state index is 12.6. The SMILES string of the molecule is O=C(Nc1cccc(Br)c1)c1ccc(F)cn1. The molecule has 0 aliphatic rings. The molecule has 17 heavy (non-hydrogen) atoms. The molecule has 2 rings (SSSR count). The number of hydrogen-bond donors (Lipinski definition) is 1. The third-order valence-electron chi connectivity index (χ3n) is 2.04. The number of carbonyl (C=O) groups excluding carboxylic acids is 1. The van der Waals surface area contributed by atoms with Crippen molar-refractivity contribution in [2.75, 3.05) is 5.32 Å². The van der Waals surface area contributed by atoms with E-state index in [0.717, 1.165) is 10.7 Å². The lowest BCUT2D eigenvalue weighted by atomic mass is 10.3. The molecule has 0 spiro atoms. The lowest BCUT2D eigenvalue weighted by molar-refractivity contribution is 0.102. The van der Waals surface area contributed by atoms with Crippen LogP contribution in [-0.4, -0.2) is 10.9 Å². The zero-order valence-electron chi connectivity index (χ0n) is 8.65. The number of rotatable bonds is 2. The van der Waals surface area contributed by atoms with E-state index in [2.05, 4.69) is 26.2 Å². The van der Waals surface area contributed by atoms with Crippen molar-refractivity contribution in [3.8, 4) is 0 Å². The molecule has 1 aromatic carbocycles. The topological polar surface area (TPSA) is 42.0 Å². The minimum absolute atomic E-state index is 0.173. The number of pyridine rings is 1. The Balaban J connectivity index is 2.14. The maximum Gasteiger partial charge on any atom is 0.274 e. The van der Waals surface area contributed by atoms with Crippen LogP contribution in [0.5, 0.6) is 0 Å². The van der Waals surface area contributed by atoms with Gasteiger partial charge in [0, 0.05) is 10.2 Å². The fourth-order valence-electron chi connectivity index (χ4n) is 1.27. The third-order valence-corrected chi connectivity index (χ3v) is 2.54. The second-order valence-corrected chi connectivity index (χ2v) is 4.24. The van der Waals surface area contributed by atoms with E-state index in [0.29, 0.717) is 5.69 Å². The van der Waals surface area contributed by atoms with Gasteiger partial charge in [0.25, 0.3) is 5.91 Å². The summed E-state index contributed by atoms with van der Waals surface area (Å²) in [5.74, 6) is -0.841. The summed E-state index contributed by atoms with van der Waals surface area (Å²) >= 11 is 3.30. The molecule has 86 valence electrons. The smallest absolute Gasteiger partial charge is 0.274 e. The highest BCUT2D eigenvalue weighted by Gasteiger charge is 2.07. The van der Waals surface area contributed by atoms with Crippen LogP contribution in [0.3, 0.4) is 0 Å². The first kappa shape index (κ1) is 11.7. The molecule has 1 aromatic heterocycles. The average Bonchev–Trinajstić information content (AvgIpc) is 2.29. The molecule has 0 saturated carbocycles. The predicted octanol–water partition coefficient (Wildman–Crippen LogP) is 3.24. The van der Waals surface area contributed by atoms with Crippen molar-refractivity contribution in [1.29, 1.82) is 0 Å². The van der Waals surface area contributed by atoms with Gasteiger partial charge in [-0.1, -0.05) is 22.0 Å². The zero-order valence-corrected chi connectivity index (χ0v) is 10.2. The van der Waals surface area contributed by atoms with Crippen LogP contribution < -0.4 is 5.32 Å². The molecule has 1 N–H and O–H groups in total. The van der Waals surface area contributed by atoms with Gasteiger partial charge in [-0.25, -0.2) is 9.37 Å². The van der Waals surface area contributed by atoms with Crippen LogP contribution in [0.1, 0.15) is 10.5 Å². The standard InChI is InChI=1S/C12H8BrFN2O/c13-8-2-1-3-10(6-8)16-12(17)11-5-4-9(14)7-15-11/h1-7H,(H,16,17). The Bertz CT molecular complexity index is 542. The first-order valence-electron chi connectivity index (χ1n) is 4.83. The summed E-state index contributed by atoms with van der Waals surface area (Å²) in [5.41, 5.74) is 0.821. The van der Waals surface area contributed by atoms with Gasteiger partial charge in [-0.15, -0.1) is 0 Å². The molecule has 2 aromatic rings. The van der Waals surface area contributed by atoms with Gasteiger partial charge in [-0.2, -0.15) is 0 Å². The molecular formula is C12H8BrFN2O. The van der Waals surface area contributed by atoms with E-state index in [-0.39, 0.29) is 11.6 Å². The average molecular weight is 295 g/mol. The van der Waals surface area contributed by atoms with Crippen molar-refractivity contribution >= 4 is 27.5 Å². The molecule has 0 aliphatic heterocycles. The van der Waals surface area contributed by atoms with Crippen molar-refractivity contribution in [3.05, 3.63) is 58.6 Å². The number of anilines is 1. The van der Waals surface area contributed by atoms with Crippen molar-refractivity contribution in [1.82, 2.24) is 4.98 Å². The van der Waals surface area contributed by atoms with Gasteiger partial charge in [-0.05, 0) is 30.3 Å². The highest BCUT2D eigenvalue weighted by molar-refractivity contribution is 9.10. The molecule has 0 aliphatic carbocycles. The molecule has 1 heterocycles. The molecule has 3 nitrogen and oxygen atoms in total. The zero-order chi connectivity index (χ0) is 12.3. The second-order valence-electron chi connectivity index (χ2n) is 3.33. The first-order chi connectivity index (χ1) is 8.15. The summed E-state index contributed by atoms with van der Waals surface area (Å²) in [4.78, 5) is 15.4. The quantitative estimate of drug-likeness (QED) is 0.924. The summed E-state index contributed by atoms with van der Waals surface area (Å²) < 4.78 is 13.5. The van der Waals surface area contributed by atoms with E-state index in [9.17, 15) is 9.18 Å². The van der Waals surface area contributed by atoms with E-state index < -0.39 is 5.82 Å². The molecule has 0 atom stereocenters. The largest absolute Gasteiger partial charge is 0.321 e. The monoisotopic (exact) mass is 294 g/mol. The Labute approximate surface area is 106 Å². The van der Waals surface area contributed by atoms with Crippen LogP contribution in [-0.2, 0) is 0 Å². The summed E-state index contributed by atoms with van der Waals surface area (Å²) in [7, 11) is 0. The predicted molar refractivity (Wildman–Crippen MR) is 66.3 cm³/mol. The normalized spacial score (nSPS) is 10.0. The molecule has 0 unspecified atom stereocenters. The first-order valence-corrected chi connectivity index (χ1v) is 5.63. The van der Waals surface area contributed by atoms with Crippen molar-refractivity contribution < 1.29 is 9.18 Å². The maximum atomic E-state index is 12.6. The Morgan fingerprint density at radius 3 is 2.76 bits per heavy atom. The van der Waals surface area contributed by atoms with Crippen LogP contribution in [0.25, 0.3) is 0 Å². The molecule has 5 heteroatoms. The minimum Gasteiger partial charge on any atom is -0.321 e. The number of nitrogens with one attached hydrogen (secondary N) is 1. The lowest BCUT2D eigenvalue weighted by Crippen LogP contribution is -2.13. The fourth-order valence-corrected chi connectivity index (χ4v) is 1.67. The van der Waals surface area contributed by atoms with Crippen LogP contribution in [0.2, 0.25) is 0 Å². The van der Waals surface area contributed by atoms with Gasteiger partial charge in [0.1, 0.15) is 11.5 Å². The summed E-state index contributed by atoms with van der Waals surface area (Å²) in [5, 5.41) is 2.66. The van der Waals surface area contributed by atoms with Gasteiger partial charge >= 0.3 is 0 Å². The number of amides is 1. The van der Waals surface area contributed by atoms with E-state index in [4.69, 9.17) is 0 Å². The van der Waals surface area contributed by atoms with E-state index in [1.54, 1.807) is 18.2 Å². The molecular weight excluding hydrogens is 287 g/mol. The van der Waals surface area contributed by atoms with E-state index in [1.165, 1.54) is 12.1 Å². The van der Waals surface area contributed by atoms with Crippen molar-refractivity contribution in [3.63, 3.8) is 0 Å². The summed E-state index contributed by atoms with van der Waals surface area (Å²) in [6, 6.07) is 9.71. The Kier molecular flexibility index (Phi) is 3.49. The second kappa shape index (κ2) is 5.05. The molecule has 0 radical (unpaired) electrons. The molecule has 1 amide bonds. The molecule has 0 saturated heterocycles.